The highest BCUT2D eigenvalue weighted by Crippen LogP contribution is 2.28. The van der Waals surface area contributed by atoms with E-state index in [0.717, 1.165) is 11.3 Å². The largest absolute Gasteiger partial charge is 0.447 e. The Balaban J connectivity index is 1.70. The number of urea groups is 1. The fraction of sp³-hybridized carbons (Fsp3) is 0.350. The van der Waals surface area contributed by atoms with E-state index in [1.165, 1.54) is 4.90 Å². The molecule has 0 saturated carbocycles. The van der Waals surface area contributed by atoms with Crippen molar-refractivity contribution in [3.8, 4) is 0 Å². The quantitative estimate of drug-likeness (QED) is 0.877. The highest BCUT2D eigenvalue weighted by Gasteiger charge is 2.26. The molecule has 1 aliphatic heterocycles. The third-order valence-corrected chi connectivity index (χ3v) is 4.79. The van der Waals surface area contributed by atoms with Gasteiger partial charge in [0.25, 0.3) is 0 Å². The van der Waals surface area contributed by atoms with Gasteiger partial charge < -0.3 is 15.0 Å². The molecule has 1 fully saturated rings. The van der Waals surface area contributed by atoms with Crippen molar-refractivity contribution in [1.29, 1.82) is 0 Å². The van der Waals surface area contributed by atoms with Crippen LogP contribution in [-0.2, 0) is 11.2 Å². The van der Waals surface area contributed by atoms with Crippen LogP contribution in [0.5, 0.6) is 0 Å². The summed E-state index contributed by atoms with van der Waals surface area (Å²) in [6.45, 7) is 4.82. The Morgan fingerprint density at radius 1 is 1.33 bits per heavy atom. The Labute approximate surface area is 158 Å². The lowest BCUT2D eigenvalue weighted by molar-refractivity contribution is 0.181. The molecule has 0 radical (unpaired) electrons. The lowest BCUT2D eigenvalue weighted by atomic mass is 10.1. The topological polar surface area (TPSA) is 74.8 Å². The number of benzene rings is 1. The van der Waals surface area contributed by atoms with Crippen molar-refractivity contribution in [2.24, 2.45) is 0 Å². The molecule has 2 heterocycles. The minimum Gasteiger partial charge on any atom is -0.447 e. The van der Waals surface area contributed by atoms with Gasteiger partial charge in [0.1, 0.15) is 6.61 Å². The number of aryl methyl sites for hydroxylation is 1. The van der Waals surface area contributed by atoms with Gasteiger partial charge in [-0.3, -0.25) is 9.88 Å². The molecular weight excluding hydrogens is 344 g/mol. The van der Waals surface area contributed by atoms with Gasteiger partial charge in [-0.25, -0.2) is 9.59 Å². The fourth-order valence-corrected chi connectivity index (χ4v) is 2.98. The minimum atomic E-state index is -0.399. The fourth-order valence-electron chi connectivity index (χ4n) is 2.98. The van der Waals surface area contributed by atoms with Gasteiger partial charge in [0.2, 0.25) is 0 Å². The average molecular weight is 368 g/mol. The summed E-state index contributed by atoms with van der Waals surface area (Å²) in [6, 6.07) is 10.9. The van der Waals surface area contributed by atoms with Crippen LogP contribution >= 0.6 is 0 Å². The van der Waals surface area contributed by atoms with Crippen LogP contribution < -0.4 is 10.2 Å². The zero-order chi connectivity index (χ0) is 19.4. The molecule has 7 heteroatoms. The van der Waals surface area contributed by atoms with E-state index in [0.29, 0.717) is 30.9 Å². The van der Waals surface area contributed by atoms with Crippen molar-refractivity contribution in [2.45, 2.75) is 26.3 Å². The van der Waals surface area contributed by atoms with Crippen LogP contribution in [0.1, 0.15) is 18.2 Å². The summed E-state index contributed by atoms with van der Waals surface area (Å²) >= 11 is 0. The van der Waals surface area contributed by atoms with Crippen LogP contribution in [0.4, 0.5) is 21.0 Å². The monoisotopic (exact) mass is 368 g/mol. The van der Waals surface area contributed by atoms with Crippen LogP contribution in [0, 0.1) is 6.92 Å². The highest BCUT2D eigenvalue weighted by molar-refractivity contribution is 5.99. The van der Waals surface area contributed by atoms with Crippen molar-refractivity contribution in [1.82, 2.24) is 9.88 Å². The number of cyclic esters (lactones) is 1. The Bertz CT molecular complexity index is 839. The first-order valence-corrected chi connectivity index (χ1v) is 8.95. The third kappa shape index (κ3) is 4.19. The number of aromatic nitrogens is 1. The molecule has 0 spiro atoms. The van der Waals surface area contributed by atoms with Gasteiger partial charge in [-0.15, -0.1) is 0 Å². The van der Waals surface area contributed by atoms with Crippen molar-refractivity contribution < 1.29 is 14.3 Å². The summed E-state index contributed by atoms with van der Waals surface area (Å²) in [6.07, 6.45) is 2.03. The van der Waals surface area contributed by atoms with E-state index >= 15 is 0 Å². The number of likely N-dealkylation sites (N-methyl/N-ethyl adjacent to an activating group) is 1. The molecule has 1 aromatic carbocycles. The first kappa shape index (κ1) is 18.7. The van der Waals surface area contributed by atoms with E-state index in [9.17, 15) is 9.59 Å². The Hall–Kier alpha value is -3.09. The second-order valence-electron chi connectivity index (χ2n) is 6.64. The smallest absolute Gasteiger partial charge is 0.414 e. The maximum Gasteiger partial charge on any atom is 0.414 e. The number of hydrogen-bond donors (Lipinski definition) is 1. The molecule has 1 saturated heterocycles. The second-order valence-corrected chi connectivity index (χ2v) is 6.64. The molecule has 0 aliphatic carbocycles. The Morgan fingerprint density at radius 3 is 2.81 bits per heavy atom. The molecule has 1 atom stereocenters. The number of carbonyl (C=O) groups is 2. The van der Waals surface area contributed by atoms with Crippen LogP contribution in [0.25, 0.3) is 0 Å². The number of nitrogens with zero attached hydrogens (tertiary/aromatic N) is 3. The van der Waals surface area contributed by atoms with E-state index < -0.39 is 6.09 Å². The second kappa shape index (κ2) is 8.07. The van der Waals surface area contributed by atoms with Gasteiger partial charge in [0, 0.05) is 31.4 Å². The maximum atomic E-state index is 12.7. The zero-order valence-corrected chi connectivity index (χ0v) is 15.8. The van der Waals surface area contributed by atoms with E-state index in [1.54, 1.807) is 30.3 Å². The standard InChI is InChI=1S/C20H24N4O3/c1-14-7-6-10-21-17(14)13-15(2)23(3)19(25)22-16-8-4-5-9-18(16)24-11-12-27-20(24)26/h4-10,15H,11-13H2,1-3H3,(H,22,25)/t15-/m0/s1. The van der Waals surface area contributed by atoms with Crippen molar-refractivity contribution >= 4 is 23.5 Å². The summed E-state index contributed by atoms with van der Waals surface area (Å²) in [5.41, 5.74) is 3.30. The summed E-state index contributed by atoms with van der Waals surface area (Å²) in [4.78, 5) is 32.2. The summed E-state index contributed by atoms with van der Waals surface area (Å²) in [7, 11) is 1.75. The first-order valence-electron chi connectivity index (χ1n) is 8.95. The van der Waals surface area contributed by atoms with Gasteiger partial charge in [-0.05, 0) is 37.6 Å². The van der Waals surface area contributed by atoms with Gasteiger partial charge in [0.15, 0.2) is 0 Å². The van der Waals surface area contributed by atoms with E-state index in [2.05, 4.69) is 10.3 Å². The van der Waals surface area contributed by atoms with Crippen molar-refractivity contribution in [3.05, 3.63) is 53.9 Å². The number of rotatable bonds is 5. The normalized spacial score (nSPS) is 14.6. The molecular formula is C20H24N4O3. The minimum absolute atomic E-state index is 0.0393. The first-order chi connectivity index (χ1) is 13.0. The lowest BCUT2D eigenvalue weighted by Crippen LogP contribution is -2.40. The number of amides is 3. The number of anilines is 2. The van der Waals surface area contributed by atoms with Crippen LogP contribution in [0.2, 0.25) is 0 Å². The van der Waals surface area contributed by atoms with Crippen LogP contribution in [0.3, 0.4) is 0 Å². The number of hydrogen-bond acceptors (Lipinski definition) is 4. The van der Waals surface area contributed by atoms with Crippen molar-refractivity contribution in [3.63, 3.8) is 0 Å². The molecule has 142 valence electrons. The van der Waals surface area contributed by atoms with E-state index in [1.807, 2.05) is 38.1 Å². The third-order valence-electron chi connectivity index (χ3n) is 4.79. The molecule has 0 bridgehead atoms. The molecule has 7 nitrogen and oxygen atoms in total. The highest BCUT2D eigenvalue weighted by atomic mass is 16.6. The van der Waals surface area contributed by atoms with Gasteiger partial charge >= 0.3 is 12.1 Å². The molecule has 0 unspecified atom stereocenters. The Kier molecular flexibility index (Phi) is 5.59. The number of pyridine rings is 1. The summed E-state index contributed by atoms with van der Waals surface area (Å²) < 4.78 is 5.00. The summed E-state index contributed by atoms with van der Waals surface area (Å²) in [5.74, 6) is 0. The SMILES string of the molecule is Cc1cccnc1C[C@H](C)N(C)C(=O)Nc1ccccc1N1CCOC1=O. The van der Waals surface area contributed by atoms with Gasteiger partial charge in [0.05, 0.1) is 17.9 Å². The average Bonchev–Trinajstić information content (AvgIpc) is 3.09. The number of nitrogens with one attached hydrogen (secondary N) is 1. The molecule has 2 aromatic rings. The molecule has 3 amide bonds. The molecule has 1 N–H and O–H groups in total. The molecule has 1 aromatic heterocycles. The predicted octanol–water partition coefficient (Wildman–Crippen LogP) is 3.44. The summed E-state index contributed by atoms with van der Waals surface area (Å²) in [5, 5.41) is 2.91. The van der Waals surface area contributed by atoms with Gasteiger partial charge in [-0.1, -0.05) is 18.2 Å². The molecule has 27 heavy (non-hydrogen) atoms. The van der Waals surface area contributed by atoms with Crippen LogP contribution in [-0.4, -0.2) is 48.2 Å². The molecule has 3 rings (SSSR count). The number of carbonyl (C=O) groups excluding carboxylic acids is 2. The molecule has 1 aliphatic rings. The van der Waals surface area contributed by atoms with Crippen LogP contribution in [0.15, 0.2) is 42.6 Å². The number of ether oxygens (including phenoxy) is 1. The van der Waals surface area contributed by atoms with Gasteiger partial charge in [-0.2, -0.15) is 0 Å². The van der Waals surface area contributed by atoms with E-state index in [-0.39, 0.29) is 12.1 Å². The van der Waals surface area contributed by atoms with E-state index in [4.69, 9.17) is 4.74 Å². The number of para-hydroxylation sites is 2. The predicted molar refractivity (Wildman–Crippen MR) is 104 cm³/mol. The zero-order valence-electron chi connectivity index (χ0n) is 15.8. The lowest BCUT2D eigenvalue weighted by Gasteiger charge is -2.26. The van der Waals surface area contributed by atoms with Crippen molar-refractivity contribution in [2.75, 3.05) is 30.4 Å². The Morgan fingerprint density at radius 2 is 2.11 bits per heavy atom. The maximum absolute atomic E-state index is 12.7.